The molecule has 2 N–H and O–H groups in total. The molecule has 1 aliphatic heterocycles. The van der Waals surface area contributed by atoms with Crippen LogP contribution in [0.3, 0.4) is 0 Å². The minimum Gasteiger partial charge on any atom is -0.309 e. The molecule has 3 heterocycles. The summed E-state index contributed by atoms with van der Waals surface area (Å²) in [6.45, 7) is 3.28. The van der Waals surface area contributed by atoms with E-state index in [9.17, 15) is 18.4 Å². The molecule has 7 nitrogen and oxygen atoms in total. The van der Waals surface area contributed by atoms with Crippen LogP contribution in [0.2, 0.25) is 0 Å². The number of amides is 1. The predicted molar refractivity (Wildman–Crippen MR) is 110 cm³/mol. The number of H-pyrrole nitrogens is 1. The molecule has 0 unspecified atom stereocenters. The fourth-order valence-corrected chi connectivity index (χ4v) is 3.88. The van der Waals surface area contributed by atoms with Crippen molar-refractivity contribution in [3.8, 4) is 5.95 Å². The van der Waals surface area contributed by atoms with Crippen molar-refractivity contribution in [3.63, 3.8) is 0 Å². The number of aromatic amines is 1. The largest absolute Gasteiger partial charge is 0.309 e. The van der Waals surface area contributed by atoms with Gasteiger partial charge in [0, 0.05) is 11.8 Å². The van der Waals surface area contributed by atoms with Crippen LogP contribution in [0.5, 0.6) is 0 Å². The highest BCUT2D eigenvalue weighted by Gasteiger charge is 2.42. The van der Waals surface area contributed by atoms with E-state index in [-0.39, 0.29) is 29.7 Å². The van der Waals surface area contributed by atoms with Gasteiger partial charge in [-0.15, -0.1) is 0 Å². The minimum absolute atomic E-state index is 0.0677. The number of nitrogens with zero attached hydrogens (tertiary/aromatic N) is 3. The van der Waals surface area contributed by atoms with Crippen molar-refractivity contribution in [2.24, 2.45) is 0 Å². The Morgan fingerprint density at radius 1 is 1.10 bits per heavy atom. The topological polar surface area (TPSA) is 92.7 Å². The number of nitrogens with one attached hydrogen (secondary N) is 2. The molecule has 0 saturated heterocycles. The molecule has 31 heavy (non-hydrogen) atoms. The van der Waals surface area contributed by atoms with E-state index < -0.39 is 22.6 Å². The molecule has 0 aliphatic carbocycles. The number of carbonyl (C=O) groups excluding carboxylic acids is 1. The van der Waals surface area contributed by atoms with Crippen molar-refractivity contribution in [1.82, 2.24) is 19.7 Å². The highest BCUT2D eigenvalue weighted by atomic mass is 19.1. The van der Waals surface area contributed by atoms with Crippen LogP contribution in [-0.4, -0.2) is 25.7 Å². The highest BCUT2D eigenvalue weighted by Crippen LogP contribution is 2.33. The fourth-order valence-electron chi connectivity index (χ4n) is 3.88. The van der Waals surface area contributed by atoms with Crippen molar-refractivity contribution in [3.05, 3.63) is 81.3 Å². The summed E-state index contributed by atoms with van der Waals surface area (Å²) in [7, 11) is 0. The average Bonchev–Trinajstić information content (AvgIpc) is 3.17. The van der Waals surface area contributed by atoms with Crippen molar-refractivity contribution in [2.45, 2.75) is 25.7 Å². The van der Waals surface area contributed by atoms with Gasteiger partial charge in [0.1, 0.15) is 17.5 Å². The summed E-state index contributed by atoms with van der Waals surface area (Å²) in [4.78, 5) is 32.1. The van der Waals surface area contributed by atoms with Gasteiger partial charge in [-0.05, 0) is 43.7 Å². The normalized spacial score (nSPS) is 14.6. The van der Waals surface area contributed by atoms with E-state index >= 15 is 0 Å². The van der Waals surface area contributed by atoms with Gasteiger partial charge in [-0.25, -0.2) is 8.78 Å². The number of anilines is 1. The van der Waals surface area contributed by atoms with Gasteiger partial charge in [-0.3, -0.25) is 14.6 Å². The van der Waals surface area contributed by atoms with E-state index in [0.29, 0.717) is 22.2 Å². The van der Waals surface area contributed by atoms with Crippen LogP contribution in [0.4, 0.5) is 14.6 Å². The summed E-state index contributed by atoms with van der Waals surface area (Å²) >= 11 is 0. The number of fused-ring (bicyclic) bond motifs is 2. The summed E-state index contributed by atoms with van der Waals surface area (Å²) in [6.07, 6.45) is 0.124. The summed E-state index contributed by atoms with van der Waals surface area (Å²) in [6, 6.07) is 10.4. The van der Waals surface area contributed by atoms with Crippen LogP contribution >= 0.6 is 0 Å². The van der Waals surface area contributed by atoms with Gasteiger partial charge in [0.15, 0.2) is 0 Å². The fraction of sp³-hybridized carbons (Fsp3) is 0.182. The first-order valence-electron chi connectivity index (χ1n) is 9.63. The SMILES string of the molecule is CC1(C)C(=O)Nc2nc(-n3nc(Cc4ccccc4F)c4cc(F)ccc43)[nH]c(=O)c21. The van der Waals surface area contributed by atoms with Crippen LogP contribution in [0.25, 0.3) is 16.9 Å². The Balaban J connectivity index is 1.70. The number of hydrogen-bond donors (Lipinski definition) is 2. The Morgan fingerprint density at radius 2 is 1.87 bits per heavy atom. The monoisotopic (exact) mass is 421 g/mol. The zero-order chi connectivity index (χ0) is 21.9. The molecular formula is C22H17F2N5O2. The molecule has 5 rings (SSSR count). The summed E-state index contributed by atoms with van der Waals surface area (Å²) in [5.74, 6) is -0.958. The summed E-state index contributed by atoms with van der Waals surface area (Å²) in [5, 5.41) is 7.59. The molecule has 156 valence electrons. The van der Waals surface area contributed by atoms with Gasteiger partial charge >= 0.3 is 0 Å². The number of rotatable bonds is 3. The number of hydrogen-bond acceptors (Lipinski definition) is 4. The number of carbonyl (C=O) groups is 1. The molecule has 1 amide bonds. The van der Waals surface area contributed by atoms with Gasteiger partial charge in [-0.2, -0.15) is 14.8 Å². The van der Waals surface area contributed by atoms with Crippen molar-refractivity contribution >= 4 is 22.6 Å². The molecule has 2 aromatic carbocycles. The van der Waals surface area contributed by atoms with E-state index in [4.69, 9.17) is 0 Å². The molecule has 2 aromatic heterocycles. The number of aromatic nitrogens is 4. The predicted octanol–water partition coefficient (Wildman–Crippen LogP) is 3.21. The van der Waals surface area contributed by atoms with Crippen LogP contribution < -0.4 is 10.9 Å². The first kappa shape index (κ1) is 19.1. The molecule has 0 radical (unpaired) electrons. The maximum Gasteiger partial charge on any atom is 0.258 e. The van der Waals surface area contributed by atoms with Gasteiger partial charge in [-0.1, -0.05) is 18.2 Å². The number of halogens is 2. The third kappa shape index (κ3) is 2.92. The zero-order valence-corrected chi connectivity index (χ0v) is 16.7. The average molecular weight is 421 g/mol. The maximum atomic E-state index is 14.2. The smallest absolute Gasteiger partial charge is 0.258 e. The molecule has 0 fully saturated rings. The van der Waals surface area contributed by atoms with Gasteiger partial charge in [0.05, 0.1) is 22.2 Å². The molecular weight excluding hydrogens is 404 g/mol. The van der Waals surface area contributed by atoms with Crippen LogP contribution in [0, 0.1) is 11.6 Å². The highest BCUT2D eigenvalue weighted by molar-refractivity contribution is 6.04. The Morgan fingerprint density at radius 3 is 2.65 bits per heavy atom. The molecule has 4 aromatic rings. The lowest BCUT2D eigenvalue weighted by Crippen LogP contribution is -2.31. The Kier molecular flexibility index (Phi) is 4.04. The summed E-state index contributed by atoms with van der Waals surface area (Å²) in [5.41, 5.74) is 0.0779. The minimum atomic E-state index is -1.01. The van der Waals surface area contributed by atoms with Crippen molar-refractivity contribution < 1.29 is 13.6 Å². The standard InChI is InChI=1S/C22H17F2N5O2/c1-22(2)17-18(25-20(22)31)26-21(27-19(17)30)29-16-8-7-12(23)10-13(16)15(28-29)9-11-5-3-4-6-14(11)24/h3-8,10H,9H2,1-2H3,(H2,25,26,27,30,31). The van der Waals surface area contributed by atoms with Gasteiger partial charge < -0.3 is 5.32 Å². The third-order valence-corrected chi connectivity index (χ3v) is 5.57. The third-order valence-electron chi connectivity index (χ3n) is 5.57. The Hall–Kier alpha value is -3.88. The van der Waals surface area contributed by atoms with Gasteiger partial charge in [0.2, 0.25) is 11.9 Å². The van der Waals surface area contributed by atoms with E-state index in [1.165, 1.54) is 28.9 Å². The van der Waals surface area contributed by atoms with E-state index in [0.717, 1.165) is 0 Å². The lowest BCUT2D eigenvalue weighted by molar-refractivity contribution is -0.119. The second kappa shape index (κ2) is 6.56. The van der Waals surface area contributed by atoms with E-state index in [2.05, 4.69) is 20.4 Å². The molecule has 0 atom stereocenters. The zero-order valence-electron chi connectivity index (χ0n) is 16.7. The lowest BCUT2D eigenvalue weighted by atomic mass is 9.88. The van der Waals surface area contributed by atoms with Crippen LogP contribution in [0.15, 0.2) is 47.3 Å². The molecule has 1 aliphatic rings. The molecule has 9 heteroatoms. The molecule has 0 bridgehead atoms. The molecule has 0 saturated carbocycles. The van der Waals surface area contributed by atoms with Crippen LogP contribution in [-0.2, 0) is 16.6 Å². The van der Waals surface area contributed by atoms with Crippen LogP contribution in [0.1, 0.15) is 30.7 Å². The summed E-state index contributed by atoms with van der Waals surface area (Å²) < 4.78 is 29.5. The first-order chi connectivity index (χ1) is 14.8. The Bertz CT molecular complexity index is 1440. The lowest BCUT2D eigenvalue weighted by Gasteiger charge is -2.13. The quantitative estimate of drug-likeness (QED) is 0.531. The second-order valence-corrected chi connectivity index (χ2v) is 7.98. The Labute approximate surface area is 174 Å². The van der Waals surface area contributed by atoms with Gasteiger partial charge in [0.25, 0.3) is 5.56 Å². The maximum absolute atomic E-state index is 14.2. The van der Waals surface area contributed by atoms with Crippen molar-refractivity contribution in [1.29, 1.82) is 0 Å². The van der Waals surface area contributed by atoms with Crippen molar-refractivity contribution in [2.75, 3.05) is 5.32 Å². The number of benzene rings is 2. The molecule has 0 spiro atoms. The van der Waals surface area contributed by atoms with E-state index in [1.54, 1.807) is 32.0 Å². The van der Waals surface area contributed by atoms with E-state index in [1.807, 2.05) is 0 Å². The first-order valence-corrected chi connectivity index (χ1v) is 9.63. The second-order valence-electron chi connectivity index (χ2n) is 7.98.